The summed E-state index contributed by atoms with van der Waals surface area (Å²) >= 11 is 4.85. The first-order valence-electron chi connectivity index (χ1n) is 5.37. The highest BCUT2D eigenvalue weighted by Gasteiger charge is 2.17. The van der Waals surface area contributed by atoms with Crippen LogP contribution in [0.25, 0.3) is 0 Å². The Labute approximate surface area is 111 Å². The van der Waals surface area contributed by atoms with Gasteiger partial charge in [-0.05, 0) is 6.07 Å². The molecule has 0 radical (unpaired) electrons. The summed E-state index contributed by atoms with van der Waals surface area (Å²) in [4.78, 5) is 21.6. The van der Waals surface area contributed by atoms with Crippen molar-refractivity contribution in [2.45, 2.75) is 6.92 Å². The van der Waals surface area contributed by atoms with Gasteiger partial charge in [0.25, 0.3) is 0 Å². The number of aromatic nitrogens is 2. The van der Waals surface area contributed by atoms with Gasteiger partial charge in [-0.15, -0.1) is 0 Å². The van der Waals surface area contributed by atoms with Gasteiger partial charge in [-0.2, -0.15) is 0 Å². The summed E-state index contributed by atoms with van der Waals surface area (Å²) in [5.74, 6) is -0.0690. The molecule has 0 bridgehead atoms. The highest BCUT2D eigenvalue weighted by molar-refractivity contribution is 7.80. The molecule has 0 fully saturated rings. The summed E-state index contributed by atoms with van der Waals surface area (Å²) in [5, 5.41) is 0. The Kier molecular flexibility index (Phi) is 4.96. The van der Waals surface area contributed by atoms with Crippen molar-refractivity contribution in [1.82, 2.24) is 9.97 Å². The lowest BCUT2D eigenvalue weighted by Gasteiger charge is -2.20. The zero-order valence-corrected chi connectivity index (χ0v) is 11.4. The van der Waals surface area contributed by atoms with Crippen molar-refractivity contribution in [3.63, 3.8) is 0 Å². The summed E-state index contributed by atoms with van der Waals surface area (Å²) in [7, 11) is 3.15. The van der Waals surface area contributed by atoms with Gasteiger partial charge in [-0.3, -0.25) is 4.79 Å². The molecule has 0 saturated heterocycles. The Hall–Kier alpha value is -1.76. The molecule has 0 saturated carbocycles. The molecule has 0 aliphatic rings. The molecule has 1 aromatic rings. The van der Waals surface area contributed by atoms with E-state index in [0.29, 0.717) is 18.2 Å². The Morgan fingerprint density at radius 3 is 2.89 bits per heavy atom. The van der Waals surface area contributed by atoms with E-state index >= 15 is 0 Å². The van der Waals surface area contributed by atoms with Crippen molar-refractivity contribution in [1.29, 1.82) is 0 Å². The van der Waals surface area contributed by atoms with Crippen LogP contribution in [-0.4, -0.2) is 41.6 Å². The van der Waals surface area contributed by atoms with E-state index in [9.17, 15) is 4.79 Å². The van der Waals surface area contributed by atoms with Crippen LogP contribution in [0.4, 0.5) is 5.95 Å². The minimum atomic E-state index is -0.271. The van der Waals surface area contributed by atoms with E-state index < -0.39 is 0 Å². The SMILES string of the molecule is COC(=O)C(C)CN(C)c1nccc(C(N)=S)n1. The zero-order valence-electron chi connectivity index (χ0n) is 10.6. The smallest absolute Gasteiger partial charge is 0.310 e. The molecule has 2 N–H and O–H groups in total. The number of hydrogen-bond acceptors (Lipinski definition) is 6. The monoisotopic (exact) mass is 268 g/mol. The first-order valence-corrected chi connectivity index (χ1v) is 5.78. The number of hydrogen-bond donors (Lipinski definition) is 1. The van der Waals surface area contributed by atoms with E-state index in [0.717, 1.165) is 0 Å². The van der Waals surface area contributed by atoms with Crippen LogP contribution in [0.2, 0.25) is 0 Å². The lowest BCUT2D eigenvalue weighted by Crippen LogP contribution is -2.30. The fraction of sp³-hybridized carbons (Fsp3) is 0.455. The predicted octanol–water partition coefficient (Wildman–Crippen LogP) is 0.356. The molecular formula is C11H16N4O2S. The van der Waals surface area contributed by atoms with Gasteiger partial charge in [0.15, 0.2) is 0 Å². The summed E-state index contributed by atoms with van der Waals surface area (Å²) in [6.45, 7) is 2.23. The van der Waals surface area contributed by atoms with Crippen molar-refractivity contribution in [3.8, 4) is 0 Å². The van der Waals surface area contributed by atoms with E-state index in [1.807, 2.05) is 0 Å². The molecule has 6 nitrogen and oxygen atoms in total. The molecule has 1 atom stereocenters. The molecule has 1 rings (SSSR count). The van der Waals surface area contributed by atoms with Crippen molar-refractivity contribution in [3.05, 3.63) is 18.0 Å². The highest BCUT2D eigenvalue weighted by Crippen LogP contribution is 2.09. The Balaban J connectivity index is 2.78. The van der Waals surface area contributed by atoms with Gasteiger partial charge < -0.3 is 15.4 Å². The van der Waals surface area contributed by atoms with Gasteiger partial charge in [-0.25, -0.2) is 9.97 Å². The standard InChI is InChI=1S/C11H16N4O2S/c1-7(10(16)17-3)6-15(2)11-13-5-4-8(14-11)9(12)18/h4-5,7H,6H2,1-3H3,(H2,12,18). The molecule has 98 valence electrons. The molecule has 1 heterocycles. The van der Waals surface area contributed by atoms with Crippen LogP contribution in [0.1, 0.15) is 12.6 Å². The summed E-state index contributed by atoms with van der Waals surface area (Å²) < 4.78 is 4.66. The van der Waals surface area contributed by atoms with Crippen LogP contribution >= 0.6 is 12.2 Å². The summed E-state index contributed by atoms with van der Waals surface area (Å²) in [5.41, 5.74) is 6.01. The predicted molar refractivity (Wildman–Crippen MR) is 72.4 cm³/mol. The molecule has 0 aliphatic heterocycles. The number of carbonyl (C=O) groups is 1. The first-order chi connectivity index (χ1) is 8.45. The highest BCUT2D eigenvalue weighted by atomic mass is 32.1. The number of methoxy groups -OCH3 is 1. The topological polar surface area (TPSA) is 81.3 Å². The number of nitrogens with zero attached hydrogens (tertiary/aromatic N) is 3. The fourth-order valence-electron chi connectivity index (χ4n) is 1.44. The third-order valence-electron chi connectivity index (χ3n) is 2.39. The number of thiocarbonyl (C=S) groups is 1. The third-order valence-corrected chi connectivity index (χ3v) is 2.60. The molecular weight excluding hydrogens is 252 g/mol. The van der Waals surface area contributed by atoms with Gasteiger partial charge in [-0.1, -0.05) is 19.1 Å². The lowest BCUT2D eigenvalue weighted by atomic mass is 10.2. The summed E-state index contributed by atoms with van der Waals surface area (Å²) in [6, 6.07) is 1.64. The average molecular weight is 268 g/mol. The van der Waals surface area contributed by atoms with Gasteiger partial charge in [0.2, 0.25) is 5.95 Å². The van der Waals surface area contributed by atoms with Crippen molar-refractivity contribution in [2.24, 2.45) is 11.7 Å². The van der Waals surface area contributed by atoms with Crippen LogP contribution in [0.5, 0.6) is 0 Å². The lowest BCUT2D eigenvalue weighted by molar-refractivity contribution is -0.144. The molecule has 0 aliphatic carbocycles. The minimum absolute atomic E-state index is 0.216. The number of ether oxygens (including phenoxy) is 1. The maximum atomic E-state index is 11.3. The van der Waals surface area contributed by atoms with Crippen molar-refractivity contribution < 1.29 is 9.53 Å². The molecule has 1 aromatic heterocycles. The van der Waals surface area contributed by atoms with Crippen LogP contribution in [0.3, 0.4) is 0 Å². The van der Waals surface area contributed by atoms with E-state index in [4.69, 9.17) is 18.0 Å². The van der Waals surface area contributed by atoms with Crippen molar-refractivity contribution in [2.75, 3.05) is 25.6 Å². The Morgan fingerprint density at radius 2 is 2.33 bits per heavy atom. The number of esters is 1. The molecule has 0 amide bonds. The molecule has 0 aromatic carbocycles. The normalized spacial score (nSPS) is 11.7. The summed E-state index contributed by atoms with van der Waals surface area (Å²) in [6.07, 6.45) is 1.58. The molecule has 7 heteroatoms. The van der Waals surface area contributed by atoms with Crippen molar-refractivity contribution >= 4 is 29.1 Å². The van der Waals surface area contributed by atoms with E-state index in [1.54, 1.807) is 31.1 Å². The zero-order chi connectivity index (χ0) is 13.7. The van der Waals surface area contributed by atoms with E-state index in [2.05, 4.69) is 14.7 Å². The number of carbonyl (C=O) groups excluding carboxylic acids is 1. The fourth-order valence-corrected chi connectivity index (χ4v) is 1.55. The Morgan fingerprint density at radius 1 is 1.67 bits per heavy atom. The second kappa shape index (κ2) is 6.25. The molecule has 1 unspecified atom stereocenters. The maximum Gasteiger partial charge on any atom is 0.310 e. The molecule has 0 spiro atoms. The second-order valence-corrected chi connectivity index (χ2v) is 4.35. The van der Waals surface area contributed by atoms with E-state index in [-0.39, 0.29) is 16.9 Å². The largest absolute Gasteiger partial charge is 0.469 e. The first kappa shape index (κ1) is 14.3. The average Bonchev–Trinajstić information content (AvgIpc) is 2.37. The quantitative estimate of drug-likeness (QED) is 0.609. The second-order valence-electron chi connectivity index (χ2n) is 3.91. The van der Waals surface area contributed by atoms with Crippen LogP contribution in [0.15, 0.2) is 12.3 Å². The van der Waals surface area contributed by atoms with Gasteiger partial charge in [0, 0.05) is 19.8 Å². The number of nitrogens with two attached hydrogens (primary N) is 1. The number of anilines is 1. The van der Waals surface area contributed by atoms with Crippen LogP contribution in [-0.2, 0) is 9.53 Å². The van der Waals surface area contributed by atoms with Crippen LogP contribution < -0.4 is 10.6 Å². The van der Waals surface area contributed by atoms with E-state index in [1.165, 1.54) is 7.11 Å². The number of rotatable bonds is 5. The van der Waals surface area contributed by atoms with Gasteiger partial charge >= 0.3 is 5.97 Å². The Bertz CT molecular complexity index is 452. The van der Waals surface area contributed by atoms with Gasteiger partial charge in [0.05, 0.1) is 13.0 Å². The molecule has 18 heavy (non-hydrogen) atoms. The minimum Gasteiger partial charge on any atom is -0.469 e. The van der Waals surface area contributed by atoms with Crippen LogP contribution in [0, 0.1) is 5.92 Å². The third kappa shape index (κ3) is 3.63. The van der Waals surface area contributed by atoms with Gasteiger partial charge in [0.1, 0.15) is 10.7 Å². The maximum absolute atomic E-state index is 11.3.